The summed E-state index contributed by atoms with van der Waals surface area (Å²) in [5.74, 6) is 2.67. The highest BCUT2D eigenvalue weighted by molar-refractivity contribution is 5.70. The third kappa shape index (κ3) is 1.69. The summed E-state index contributed by atoms with van der Waals surface area (Å²) in [4.78, 5) is 15.0. The Hall–Kier alpha value is -1.86. The number of fused-ring (bicyclic) bond motifs is 1. The minimum Gasteiger partial charge on any atom is -0.497 e. The number of benzene rings is 1. The van der Waals surface area contributed by atoms with Crippen LogP contribution in [0.15, 0.2) is 28.8 Å². The van der Waals surface area contributed by atoms with Crippen molar-refractivity contribution >= 4 is 12.0 Å². The van der Waals surface area contributed by atoms with Crippen LogP contribution in [0.1, 0.15) is 6.92 Å². The molecule has 1 aliphatic heterocycles. The van der Waals surface area contributed by atoms with Crippen molar-refractivity contribution in [1.82, 2.24) is 0 Å². The molecule has 1 aromatic rings. The zero-order valence-corrected chi connectivity index (χ0v) is 8.65. The lowest BCUT2D eigenvalue weighted by Crippen LogP contribution is -2.31. The summed E-state index contributed by atoms with van der Waals surface area (Å²) in [7, 11) is 1.61. The maximum atomic E-state index is 10.7. The smallest absolute Gasteiger partial charge is 0.130 e. The van der Waals surface area contributed by atoms with Gasteiger partial charge in [0.2, 0.25) is 0 Å². The van der Waals surface area contributed by atoms with Gasteiger partial charge in [0.25, 0.3) is 0 Å². The minimum atomic E-state index is -0.108. The monoisotopic (exact) mass is 201 g/mol. The predicted molar refractivity (Wildman–Crippen MR) is 56.9 cm³/mol. The summed E-state index contributed by atoms with van der Waals surface area (Å²) in [5.41, 5.74) is 0.579. The highest BCUT2D eigenvalue weighted by Crippen LogP contribution is 2.08. The van der Waals surface area contributed by atoms with Crippen LogP contribution in [0, 0.1) is 0 Å². The number of hydrogen-bond donors (Lipinski definition) is 0. The summed E-state index contributed by atoms with van der Waals surface area (Å²) in [6, 6.07) is 5.51. The van der Waals surface area contributed by atoms with Crippen LogP contribution in [-0.4, -0.2) is 19.1 Å². The summed E-state index contributed by atoms with van der Waals surface area (Å²) < 4.78 is 5.11. The van der Waals surface area contributed by atoms with Crippen molar-refractivity contribution in [2.75, 3.05) is 7.11 Å². The first-order chi connectivity index (χ1) is 7.24. The molecule has 0 bridgehead atoms. The Bertz CT molecular complexity index is 553. The molecule has 1 atom stereocenters. The van der Waals surface area contributed by atoms with Gasteiger partial charge in [0.1, 0.15) is 11.7 Å². The third-order valence-corrected chi connectivity index (χ3v) is 2.45. The molecule has 1 unspecified atom stereocenters. The molecule has 0 aliphatic carbocycles. The Morgan fingerprint density at radius 3 is 2.93 bits per heavy atom. The molecule has 0 aromatic heterocycles. The number of nitrogens with zero attached hydrogens (tertiary/aromatic N) is 1. The maximum Gasteiger partial charge on any atom is 0.130 e. The highest BCUT2D eigenvalue weighted by atomic mass is 16.5. The fourth-order valence-electron chi connectivity index (χ4n) is 1.57. The Morgan fingerprint density at radius 2 is 2.27 bits per heavy atom. The molecule has 76 valence electrons. The van der Waals surface area contributed by atoms with Gasteiger partial charge >= 0.3 is 0 Å². The first-order valence-electron chi connectivity index (χ1n) is 4.73. The summed E-state index contributed by atoms with van der Waals surface area (Å²) in [5, 5.41) is 1.80. The average molecular weight is 201 g/mol. The molecular formula is C12H11NO2. The summed E-state index contributed by atoms with van der Waals surface area (Å²) in [6.45, 7) is 1.88. The first kappa shape index (κ1) is 9.69. The second kappa shape index (κ2) is 3.71. The van der Waals surface area contributed by atoms with Crippen molar-refractivity contribution in [1.29, 1.82) is 0 Å². The van der Waals surface area contributed by atoms with Gasteiger partial charge in [-0.05, 0) is 31.2 Å². The molecule has 2 rings (SSSR count). The molecule has 0 saturated carbocycles. The van der Waals surface area contributed by atoms with E-state index < -0.39 is 0 Å². The van der Waals surface area contributed by atoms with E-state index >= 15 is 0 Å². The lowest BCUT2D eigenvalue weighted by molar-refractivity contribution is 0.414. The van der Waals surface area contributed by atoms with Crippen LogP contribution in [0.5, 0.6) is 5.75 Å². The first-order valence-corrected chi connectivity index (χ1v) is 4.73. The summed E-state index contributed by atoms with van der Waals surface area (Å²) in [6.07, 6.45) is 1.81. The molecule has 1 aromatic carbocycles. The van der Waals surface area contributed by atoms with E-state index in [1.807, 2.05) is 37.1 Å². The van der Waals surface area contributed by atoms with Crippen LogP contribution < -0.4 is 15.3 Å². The number of carbonyl (C=O) groups excluding carboxylic acids is 1. The molecule has 15 heavy (non-hydrogen) atoms. The SMILES string of the molecule is COc1ccc2c(c1)=CC(=C=O)C(C)N=2. The molecule has 3 nitrogen and oxygen atoms in total. The van der Waals surface area contributed by atoms with E-state index in [9.17, 15) is 4.79 Å². The van der Waals surface area contributed by atoms with Gasteiger partial charge in [-0.1, -0.05) is 0 Å². The van der Waals surface area contributed by atoms with Crippen molar-refractivity contribution in [3.8, 4) is 5.75 Å². The fraction of sp³-hybridized carbons (Fsp3) is 0.250. The van der Waals surface area contributed by atoms with Crippen molar-refractivity contribution in [2.45, 2.75) is 13.0 Å². The zero-order chi connectivity index (χ0) is 10.8. The van der Waals surface area contributed by atoms with E-state index in [1.54, 1.807) is 7.11 Å². The molecule has 0 fully saturated rings. The third-order valence-electron chi connectivity index (χ3n) is 2.45. The predicted octanol–water partition coefficient (Wildman–Crippen LogP) is 0.255. The second-order valence-electron chi connectivity index (χ2n) is 3.43. The fourth-order valence-corrected chi connectivity index (χ4v) is 1.57. The number of rotatable bonds is 1. The Morgan fingerprint density at radius 1 is 1.47 bits per heavy atom. The van der Waals surface area contributed by atoms with Crippen LogP contribution in [0.25, 0.3) is 6.08 Å². The lowest BCUT2D eigenvalue weighted by Gasteiger charge is -2.09. The molecule has 0 N–H and O–H groups in total. The van der Waals surface area contributed by atoms with Gasteiger partial charge in [0, 0.05) is 5.22 Å². The van der Waals surface area contributed by atoms with Crippen LogP contribution in [0.3, 0.4) is 0 Å². The highest BCUT2D eigenvalue weighted by Gasteiger charge is 2.09. The number of ether oxygens (including phenoxy) is 1. The Kier molecular flexibility index (Phi) is 2.40. The molecule has 0 spiro atoms. The van der Waals surface area contributed by atoms with Crippen LogP contribution in [0.4, 0.5) is 0 Å². The minimum absolute atomic E-state index is 0.108. The lowest BCUT2D eigenvalue weighted by atomic mass is 10.1. The van der Waals surface area contributed by atoms with Gasteiger partial charge in [-0.25, -0.2) is 4.79 Å². The Labute approximate surface area is 87.4 Å². The molecule has 0 saturated heterocycles. The van der Waals surface area contributed by atoms with Crippen molar-refractivity contribution in [3.05, 3.63) is 34.3 Å². The van der Waals surface area contributed by atoms with Gasteiger partial charge in [-0.3, -0.25) is 4.99 Å². The van der Waals surface area contributed by atoms with Crippen LogP contribution in [0.2, 0.25) is 0 Å². The van der Waals surface area contributed by atoms with Crippen LogP contribution >= 0.6 is 0 Å². The maximum absolute atomic E-state index is 10.7. The van der Waals surface area contributed by atoms with Gasteiger partial charge < -0.3 is 4.74 Å². The van der Waals surface area contributed by atoms with Gasteiger partial charge in [-0.15, -0.1) is 0 Å². The molecule has 0 radical (unpaired) electrons. The Balaban J connectivity index is 2.72. The molecule has 1 aliphatic rings. The van der Waals surface area contributed by atoms with Gasteiger partial charge in [-0.2, -0.15) is 0 Å². The number of methoxy groups -OCH3 is 1. The van der Waals surface area contributed by atoms with E-state index in [0.717, 1.165) is 16.3 Å². The van der Waals surface area contributed by atoms with E-state index in [0.29, 0.717) is 5.57 Å². The molecule has 3 heteroatoms. The van der Waals surface area contributed by atoms with E-state index in [1.165, 1.54) is 0 Å². The topological polar surface area (TPSA) is 38.7 Å². The summed E-state index contributed by atoms with van der Waals surface area (Å²) >= 11 is 0. The van der Waals surface area contributed by atoms with Crippen molar-refractivity contribution in [3.63, 3.8) is 0 Å². The largest absolute Gasteiger partial charge is 0.497 e. The van der Waals surface area contributed by atoms with Gasteiger partial charge in [0.15, 0.2) is 0 Å². The molecule has 0 amide bonds. The normalized spacial score (nSPS) is 18.3. The molecule has 1 heterocycles. The van der Waals surface area contributed by atoms with Gasteiger partial charge in [0.05, 0.1) is 24.1 Å². The standard InChI is InChI=1S/C12H11NO2/c1-8-10(7-14)5-9-6-11(15-2)3-4-12(9)13-8/h3-6,8H,1-2H3. The molecular weight excluding hydrogens is 190 g/mol. The van der Waals surface area contributed by atoms with Crippen LogP contribution in [-0.2, 0) is 4.79 Å². The van der Waals surface area contributed by atoms with E-state index in [2.05, 4.69) is 4.99 Å². The second-order valence-corrected chi connectivity index (χ2v) is 3.43. The zero-order valence-electron chi connectivity index (χ0n) is 8.65. The van der Waals surface area contributed by atoms with Crippen molar-refractivity contribution < 1.29 is 9.53 Å². The van der Waals surface area contributed by atoms with E-state index in [4.69, 9.17) is 4.74 Å². The number of hydrogen-bond acceptors (Lipinski definition) is 3. The van der Waals surface area contributed by atoms with Crippen molar-refractivity contribution in [2.24, 2.45) is 4.99 Å². The average Bonchev–Trinajstić information content (AvgIpc) is 2.27. The van der Waals surface area contributed by atoms with E-state index in [-0.39, 0.29) is 6.04 Å². The quantitative estimate of drug-likeness (QED) is 0.611.